The lowest BCUT2D eigenvalue weighted by molar-refractivity contribution is 1.28. The number of nitrogens with one attached hydrogen (secondary N) is 1. The zero-order valence-corrected chi connectivity index (χ0v) is 15.5. The fourth-order valence-corrected chi connectivity index (χ4v) is 3.17. The van der Waals surface area contributed by atoms with Crippen molar-refractivity contribution in [3.8, 4) is 17.3 Å². The van der Waals surface area contributed by atoms with Crippen LogP contribution in [0.4, 0.5) is 5.69 Å². The van der Waals surface area contributed by atoms with E-state index in [4.69, 9.17) is 23.2 Å². The molecule has 0 aliphatic rings. The Morgan fingerprint density at radius 1 is 1.20 bits per heavy atom. The van der Waals surface area contributed by atoms with Crippen LogP contribution in [0.3, 0.4) is 0 Å². The van der Waals surface area contributed by atoms with Crippen molar-refractivity contribution in [3.63, 3.8) is 0 Å². The van der Waals surface area contributed by atoms with Gasteiger partial charge in [-0.2, -0.15) is 10.4 Å². The minimum absolute atomic E-state index is 0.213. The van der Waals surface area contributed by atoms with Gasteiger partial charge in [0.25, 0.3) is 0 Å². The van der Waals surface area contributed by atoms with Crippen molar-refractivity contribution >= 4 is 45.9 Å². The molecule has 0 fully saturated rings. The van der Waals surface area contributed by atoms with E-state index in [-0.39, 0.29) is 5.71 Å². The van der Waals surface area contributed by atoms with Crippen LogP contribution >= 0.6 is 34.5 Å². The molecule has 0 saturated carbocycles. The SMILES string of the molecule is Cc1c(Cl)cccc1N/N=C(\C#N)c1nc(-c2ccc(Cl)cc2)cs1. The van der Waals surface area contributed by atoms with Crippen LogP contribution in [0.1, 0.15) is 10.6 Å². The van der Waals surface area contributed by atoms with Gasteiger partial charge in [-0.15, -0.1) is 11.3 Å². The molecular weight excluding hydrogens is 375 g/mol. The lowest BCUT2D eigenvalue weighted by Crippen LogP contribution is -2.02. The summed E-state index contributed by atoms with van der Waals surface area (Å²) >= 11 is 13.4. The van der Waals surface area contributed by atoms with Crippen molar-refractivity contribution < 1.29 is 0 Å². The third-order valence-electron chi connectivity index (χ3n) is 3.51. The van der Waals surface area contributed by atoms with Crippen LogP contribution in [-0.4, -0.2) is 10.7 Å². The Hall–Kier alpha value is -2.39. The molecule has 2 aromatic carbocycles. The molecule has 0 atom stereocenters. The highest BCUT2D eigenvalue weighted by Gasteiger charge is 2.11. The van der Waals surface area contributed by atoms with E-state index in [0.717, 1.165) is 22.5 Å². The van der Waals surface area contributed by atoms with Gasteiger partial charge in [0.1, 0.15) is 6.07 Å². The standard InChI is InChI=1S/C18H12Cl2N4S/c1-11-14(20)3-2-4-15(11)23-24-16(9-21)18-22-17(10-25-18)12-5-7-13(19)8-6-12/h2-8,10,23H,1H3/b24-16+. The van der Waals surface area contributed by atoms with Gasteiger partial charge in [-0.05, 0) is 36.8 Å². The molecule has 0 aliphatic carbocycles. The van der Waals surface area contributed by atoms with E-state index in [1.807, 2.05) is 36.6 Å². The quantitative estimate of drug-likeness (QED) is 0.457. The number of anilines is 1. The minimum Gasteiger partial charge on any atom is -0.277 e. The van der Waals surface area contributed by atoms with Crippen LogP contribution < -0.4 is 5.43 Å². The molecule has 1 aromatic heterocycles. The maximum Gasteiger partial charge on any atom is 0.196 e. The number of benzene rings is 2. The smallest absolute Gasteiger partial charge is 0.196 e. The third kappa shape index (κ3) is 3.99. The highest BCUT2D eigenvalue weighted by Crippen LogP contribution is 2.25. The number of nitriles is 1. The van der Waals surface area contributed by atoms with Gasteiger partial charge in [0.15, 0.2) is 10.7 Å². The molecule has 4 nitrogen and oxygen atoms in total. The molecule has 3 rings (SSSR count). The average Bonchev–Trinajstić information content (AvgIpc) is 3.09. The summed E-state index contributed by atoms with van der Waals surface area (Å²) in [5.41, 5.74) is 6.42. The van der Waals surface area contributed by atoms with Crippen molar-refractivity contribution in [1.82, 2.24) is 4.98 Å². The topological polar surface area (TPSA) is 61.1 Å². The van der Waals surface area contributed by atoms with Crippen LogP contribution in [0, 0.1) is 18.3 Å². The molecule has 0 radical (unpaired) electrons. The van der Waals surface area contributed by atoms with Gasteiger partial charge >= 0.3 is 0 Å². The molecule has 124 valence electrons. The van der Waals surface area contributed by atoms with Gasteiger partial charge in [0.2, 0.25) is 0 Å². The highest BCUT2D eigenvalue weighted by atomic mass is 35.5. The van der Waals surface area contributed by atoms with E-state index in [1.54, 1.807) is 18.2 Å². The maximum absolute atomic E-state index is 9.40. The minimum atomic E-state index is 0.213. The van der Waals surface area contributed by atoms with Crippen molar-refractivity contribution in [3.05, 3.63) is 68.5 Å². The van der Waals surface area contributed by atoms with Gasteiger partial charge in [-0.25, -0.2) is 4.98 Å². The van der Waals surface area contributed by atoms with E-state index < -0.39 is 0 Å². The molecule has 25 heavy (non-hydrogen) atoms. The van der Waals surface area contributed by atoms with Crippen molar-refractivity contribution in [2.24, 2.45) is 5.10 Å². The molecule has 7 heteroatoms. The first kappa shape index (κ1) is 17.4. The molecule has 1 N–H and O–H groups in total. The highest BCUT2D eigenvalue weighted by molar-refractivity contribution is 7.12. The normalized spacial score (nSPS) is 11.2. The van der Waals surface area contributed by atoms with Gasteiger partial charge in [0, 0.05) is 21.0 Å². The zero-order valence-electron chi connectivity index (χ0n) is 13.1. The van der Waals surface area contributed by atoms with Gasteiger partial charge in [0.05, 0.1) is 11.4 Å². The molecule has 0 aliphatic heterocycles. The van der Waals surface area contributed by atoms with E-state index >= 15 is 0 Å². The van der Waals surface area contributed by atoms with Crippen molar-refractivity contribution in [1.29, 1.82) is 5.26 Å². The van der Waals surface area contributed by atoms with Crippen LogP contribution in [-0.2, 0) is 0 Å². The predicted octanol–water partition coefficient (Wildman–Crippen LogP) is 5.77. The first-order valence-electron chi connectivity index (χ1n) is 7.29. The largest absolute Gasteiger partial charge is 0.277 e. The van der Waals surface area contributed by atoms with E-state index in [9.17, 15) is 5.26 Å². The van der Waals surface area contributed by atoms with E-state index in [0.29, 0.717) is 15.1 Å². The molecule has 0 amide bonds. The number of hydrogen-bond donors (Lipinski definition) is 1. The predicted molar refractivity (Wildman–Crippen MR) is 105 cm³/mol. The molecule has 0 saturated heterocycles. The Morgan fingerprint density at radius 3 is 2.68 bits per heavy atom. The second kappa shape index (κ2) is 7.66. The number of halogens is 2. The first-order valence-corrected chi connectivity index (χ1v) is 8.93. The number of nitrogens with zero attached hydrogens (tertiary/aromatic N) is 3. The Balaban J connectivity index is 1.85. The van der Waals surface area contributed by atoms with E-state index in [2.05, 4.69) is 21.6 Å². The van der Waals surface area contributed by atoms with Gasteiger partial charge in [-0.1, -0.05) is 41.4 Å². The molecule has 0 spiro atoms. The second-order valence-electron chi connectivity index (χ2n) is 5.14. The monoisotopic (exact) mass is 386 g/mol. The molecule has 0 bridgehead atoms. The summed E-state index contributed by atoms with van der Waals surface area (Å²) in [5, 5.41) is 17.3. The Kier molecular flexibility index (Phi) is 5.34. The lowest BCUT2D eigenvalue weighted by atomic mass is 10.2. The maximum atomic E-state index is 9.40. The number of aromatic nitrogens is 1. The average molecular weight is 387 g/mol. The van der Waals surface area contributed by atoms with E-state index in [1.165, 1.54) is 11.3 Å². The Morgan fingerprint density at radius 2 is 1.96 bits per heavy atom. The summed E-state index contributed by atoms with van der Waals surface area (Å²) in [4.78, 5) is 4.49. The Labute approximate surface area is 159 Å². The van der Waals surface area contributed by atoms with Crippen LogP contribution in [0.15, 0.2) is 52.9 Å². The first-order chi connectivity index (χ1) is 12.1. The number of thiazole rings is 1. The summed E-state index contributed by atoms with van der Waals surface area (Å²) in [7, 11) is 0. The molecule has 0 unspecified atom stereocenters. The molecular formula is C18H12Cl2N4S. The lowest BCUT2D eigenvalue weighted by Gasteiger charge is -2.06. The van der Waals surface area contributed by atoms with Crippen molar-refractivity contribution in [2.75, 3.05) is 5.43 Å². The Bertz CT molecular complexity index is 971. The molecule has 1 heterocycles. The van der Waals surface area contributed by atoms with Gasteiger partial charge < -0.3 is 0 Å². The molecule has 3 aromatic rings. The van der Waals surface area contributed by atoms with Crippen LogP contribution in [0.25, 0.3) is 11.3 Å². The summed E-state index contributed by atoms with van der Waals surface area (Å²) in [6.45, 7) is 1.88. The van der Waals surface area contributed by atoms with Crippen molar-refractivity contribution in [2.45, 2.75) is 6.92 Å². The summed E-state index contributed by atoms with van der Waals surface area (Å²) in [6.07, 6.45) is 0. The number of rotatable bonds is 4. The van der Waals surface area contributed by atoms with Crippen LogP contribution in [0.2, 0.25) is 10.0 Å². The fraction of sp³-hybridized carbons (Fsp3) is 0.0556. The summed E-state index contributed by atoms with van der Waals surface area (Å²) in [5.74, 6) is 0. The zero-order chi connectivity index (χ0) is 17.8. The summed E-state index contributed by atoms with van der Waals surface area (Å²) in [6, 6.07) is 14.9. The summed E-state index contributed by atoms with van der Waals surface area (Å²) < 4.78 is 0. The fourth-order valence-electron chi connectivity index (χ4n) is 2.10. The van der Waals surface area contributed by atoms with Gasteiger partial charge in [-0.3, -0.25) is 5.43 Å². The van der Waals surface area contributed by atoms with Crippen LogP contribution in [0.5, 0.6) is 0 Å². The number of hydrazone groups is 1. The second-order valence-corrected chi connectivity index (χ2v) is 6.84. The third-order valence-corrected chi connectivity index (χ3v) is 5.02. The number of hydrogen-bond acceptors (Lipinski definition) is 5.